The summed E-state index contributed by atoms with van der Waals surface area (Å²) in [4.78, 5) is 2.62. The van der Waals surface area contributed by atoms with Crippen molar-refractivity contribution in [3.63, 3.8) is 0 Å². The molecule has 0 radical (unpaired) electrons. The number of hydrogen-bond acceptors (Lipinski definition) is 5. The molecule has 1 aliphatic rings. The Morgan fingerprint density at radius 3 is 2.68 bits per heavy atom. The van der Waals surface area contributed by atoms with Crippen molar-refractivity contribution in [1.29, 1.82) is 0 Å². The Bertz CT molecular complexity index is 738. The predicted molar refractivity (Wildman–Crippen MR) is 93.3 cm³/mol. The van der Waals surface area contributed by atoms with Gasteiger partial charge < -0.3 is 9.52 Å². The average molecular weight is 449 g/mol. The zero-order valence-corrected chi connectivity index (χ0v) is 15.7. The monoisotopic (exact) mass is 447 g/mol. The van der Waals surface area contributed by atoms with Crippen LogP contribution < -0.4 is 0 Å². The number of piperidine rings is 1. The summed E-state index contributed by atoms with van der Waals surface area (Å²) < 4.78 is 8.63. The second-order valence-corrected chi connectivity index (χ2v) is 7.40. The SMILES string of the molecule is Oc1c(Br)cc(Br)cc1-c1nn(CN2CCCCC2)c(=S)o1. The third-order valence-corrected chi connectivity index (χ3v) is 5.00. The van der Waals surface area contributed by atoms with Crippen molar-refractivity contribution < 1.29 is 9.52 Å². The standard InChI is InChI=1S/C14H15Br2N3O2S/c15-9-6-10(12(20)11(16)7-9)13-17-19(14(22)21-13)8-18-4-2-1-3-5-18/h6-7,20H,1-5,8H2. The van der Waals surface area contributed by atoms with Gasteiger partial charge in [-0.2, -0.15) is 0 Å². The van der Waals surface area contributed by atoms with E-state index in [1.165, 1.54) is 19.3 Å². The first-order valence-electron chi connectivity index (χ1n) is 7.03. The summed E-state index contributed by atoms with van der Waals surface area (Å²) in [5.41, 5.74) is 0.504. The first-order chi connectivity index (χ1) is 10.5. The Labute approximate surface area is 150 Å². The minimum absolute atomic E-state index is 0.0876. The van der Waals surface area contributed by atoms with E-state index in [4.69, 9.17) is 16.6 Å². The number of phenols is 1. The van der Waals surface area contributed by atoms with Crippen LogP contribution in [0.4, 0.5) is 0 Å². The number of hydrogen-bond donors (Lipinski definition) is 1. The summed E-state index contributed by atoms with van der Waals surface area (Å²) >= 11 is 12.0. The van der Waals surface area contributed by atoms with Gasteiger partial charge in [0.1, 0.15) is 5.75 Å². The molecule has 2 heterocycles. The number of aromatic hydroxyl groups is 1. The van der Waals surface area contributed by atoms with Crippen LogP contribution in [0.3, 0.4) is 0 Å². The Hall–Kier alpha value is -0.700. The molecule has 0 saturated carbocycles. The molecule has 1 aromatic heterocycles. The van der Waals surface area contributed by atoms with Gasteiger partial charge in [0.25, 0.3) is 10.7 Å². The van der Waals surface area contributed by atoms with Gasteiger partial charge in [0.05, 0.1) is 16.7 Å². The van der Waals surface area contributed by atoms with Crippen molar-refractivity contribution in [3.05, 3.63) is 25.9 Å². The predicted octanol–water partition coefficient (Wildman–Crippen LogP) is 4.55. The zero-order valence-electron chi connectivity index (χ0n) is 11.8. The normalized spacial score (nSPS) is 16.1. The third kappa shape index (κ3) is 3.45. The molecule has 22 heavy (non-hydrogen) atoms. The van der Waals surface area contributed by atoms with Crippen LogP contribution >= 0.6 is 44.1 Å². The van der Waals surface area contributed by atoms with E-state index in [9.17, 15) is 5.11 Å². The fourth-order valence-corrected chi connectivity index (χ4v) is 3.93. The minimum atomic E-state index is 0.0876. The average Bonchev–Trinajstić information content (AvgIpc) is 2.85. The number of benzene rings is 1. The van der Waals surface area contributed by atoms with Crippen LogP contribution in [0.15, 0.2) is 25.5 Å². The Morgan fingerprint density at radius 1 is 1.23 bits per heavy atom. The molecule has 0 unspecified atom stereocenters. The highest BCUT2D eigenvalue weighted by Gasteiger charge is 2.17. The summed E-state index contributed by atoms with van der Waals surface area (Å²) in [5.74, 6) is 0.408. The van der Waals surface area contributed by atoms with Crippen molar-refractivity contribution in [2.24, 2.45) is 0 Å². The molecule has 0 spiro atoms. The lowest BCUT2D eigenvalue weighted by Crippen LogP contribution is -2.32. The van der Waals surface area contributed by atoms with Crippen LogP contribution in [0.5, 0.6) is 5.75 Å². The number of likely N-dealkylation sites (tertiary alicyclic amines) is 1. The van der Waals surface area contributed by atoms with E-state index in [2.05, 4.69) is 41.9 Å². The van der Waals surface area contributed by atoms with Gasteiger partial charge in [-0.25, -0.2) is 4.68 Å². The molecule has 8 heteroatoms. The van der Waals surface area contributed by atoms with Gasteiger partial charge >= 0.3 is 0 Å². The molecule has 1 saturated heterocycles. The van der Waals surface area contributed by atoms with Crippen molar-refractivity contribution >= 4 is 44.1 Å². The minimum Gasteiger partial charge on any atom is -0.506 e. The first kappa shape index (κ1) is 16.2. The Morgan fingerprint density at radius 2 is 1.95 bits per heavy atom. The van der Waals surface area contributed by atoms with E-state index < -0.39 is 0 Å². The molecule has 118 valence electrons. The van der Waals surface area contributed by atoms with Gasteiger partial charge in [-0.1, -0.05) is 22.4 Å². The molecule has 1 aliphatic heterocycles. The van der Waals surface area contributed by atoms with Crippen LogP contribution in [0.25, 0.3) is 11.5 Å². The summed E-state index contributed by atoms with van der Waals surface area (Å²) in [6.45, 7) is 2.73. The van der Waals surface area contributed by atoms with Crippen molar-refractivity contribution in [2.75, 3.05) is 13.1 Å². The van der Waals surface area contributed by atoms with Gasteiger partial charge in [0, 0.05) is 4.47 Å². The largest absolute Gasteiger partial charge is 0.506 e. The third-order valence-electron chi connectivity index (χ3n) is 3.65. The van der Waals surface area contributed by atoms with Gasteiger partial charge in [-0.05, 0) is 66.2 Å². The number of rotatable bonds is 3. The van der Waals surface area contributed by atoms with E-state index in [1.807, 2.05) is 0 Å². The van der Waals surface area contributed by atoms with Gasteiger partial charge in [-0.3, -0.25) is 4.90 Å². The van der Waals surface area contributed by atoms with Crippen molar-refractivity contribution in [2.45, 2.75) is 25.9 Å². The molecule has 0 bridgehead atoms. The Kier molecular flexibility index (Phi) is 5.01. The van der Waals surface area contributed by atoms with Crippen LogP contribution in [0.2, 0.25) is 0 Å². The molecular weight excluding hydrogens is 434 g/mol. The maximum absolute atomic E-state index is 10.2. The molecule has 1 aromatic carbocycles. The zero-order chi connectivity index (χ0) is 15.7. The van der Waals surface area contributed by atoms with E-state index in [1.54, 1.807) is 16.8 Å². The maximum atomic E-state index is 10.2. The first-order valence-corrected chi connectivity index (χ1v) is 9.03. The number of halogens is 2. The van der Waals surface area contributed by atoms with E-state index in [0.29, 0.717) is 27.4 Å². The lowest BCUT2D eigenvalue weighted by molar-refractivity contribution is 0.170. The van der Waals surface area contributed by atoms with Crippen molar-refractivity contribution in [3.8, 4) is 17.2 Å². The lowest BCUT2D eigenvalue weighted by Gasteiger charge is -2.25. The topological polar surface area (TPSA) is 54.4 Å². The highest BCUT2D eigenvalue weighted by molar-refractivity contribution is 9.11. The fourth-order valence-electron chi connectivity index (χ4n) is 2.52. The highest BCUT2D eigenvalue weighted by Crippen LogP contribution is 2.37. The molecule has 1 N–H and O–H groups in total. The molecule has 0 amide bonds. The van der Waals surface area contributed by atoms with Crippen LogP contribution in [-0.2, 0) is 6.67 Å². The molecular formula is C14H15Br2N3O2S. The summed E-state index contributed by atoms with van der Waals surface area (Å²) in [6, 6.07) is 3.52. The number of nitrogens with zero attached hydrogens (tertiary/aromatic N) is 3. The van der Waals surface area contributed by atoms with Gasteiger partial charge in [0.15, 0.2) is 0 Å². The number of phenolic OH excluding ortho intramolecular Hbond substituents is 1. The molecule has 5 nitrogen and oxygen atoms in total. The lowest BCUT2D eigenvalue weighted by atomic mass is 10.1. The second kappa shape index (κ2) is 6.82. The van der Waals surface area contributed by atoms with E-state index in [-0.39, 0.29) is 5.75 Å². The molecule has 0 aliphatic carbocycles. The summed E-state index contributed by atoms with van der Waals surface area (Å²) in [6.07, 6.45) is 3.70. The molecule has 2 aromatic rings. The summed E-state index contributed by atoms with van der Waals surface area (Å²) in [5, 5.41) is 14.6. The van der Waals surface area contributed by atoms with E-state index >= 15 is 0 Å². The maximum Gasteiger partial charge on any atom is 0.288 e. The second-order valence-electron chi connectivity index (χ2n) is 5.28. The highest BCUT2D eigenvalue weighted by atomic mass is 79.9. The molecule has 3 rings (SSSR count). The van der Waals surface area contributed by atoms with Crippen LogP contribution in [0.1, 0.15) is 19.3 Å². The quantitative estimate of drug-likeness (QED) is 0.698. The van der Waals surface area contributed by atoms with Gasteiger partial charge in [-0.15, -0.1) is 5.10 Å². The van der Waals surface area contributed by atoms with Crippen LogP contribution in [-0.4, -0.2) is 32.9 Å². The smallest absolute Gasteiger partial charge is 0.288 e. The van der Waals surface area contributed by atoms with Crippen LogP contribution in [0, 0.1) is 4.84 Å². The summed E-state index contributed by atoms with van der Waals surface area (Å²) in [7, 11) is 0. The molecule has 1 fully saturated rings. The Balaban J connectivity index is 1.90. The molecule has 0 atom stereocenters. The van der Waals surface area contributed by atoms with Crippen molar-refractivity contribution in [1.82, 2.24) is 14.7 Å². The van der Waals surface area contributed by atoms with Gasteiger partial charge in [0.2, 0.25) is 0 Å². The number of aromatic nitrogens is 2. The van der Waals surface area contributed by atoms with E-state index in [0.717, 1.165) is 17.6 Å². The fraction of sp³-hybridized carbons (Fsp3) is 0.429.